The van der Waals surface area contributed by atoms with Crippen LogP contribution in [-0.2, 0) is 9.59 Å². The lowest BCUT2D eigenvalue weighted by Crippen LogP contribution is -2.52. The first-order chi connectivity index (χ1) is 12.7. The van der Waals surface area contributed by atoms with E-state index in [-0.39, 0.29) is 24.3 Å². The summed E-state index contributed by atoms with van der Waals surface area (Å²) in [7, 11) is 0. The average molecular weight is 370 g/mol. The normalized spacial score (nSPS) is 22.2. The van der Waals surface area contributed by atoms with Gasteiger partial charge in [0.2, 0.25) is 5.91 Å². The van der Waals surface area contributed by atoms with Crippen molar-refractivity contribution in [3.8, 4) is 5.75 Å². The van der Waals surface area contributed by atoms with Crippen LogP contribution in [0, 0.1) is 5.92 Å². The first kappa shape index (κ1) is 17.1. The molecule has 6 heteroatoms. The van der Waals surface area contributed by atoms with E-state index in [0.717, 1.165) is 6.42 Å². The summed E-state index contributed by atoms with van der Waals surface area (Å²) in [5.41, 5.74) is 0. The summed E-state index contributed by atoms with van der Waals surface area (Å²) in [6, 6.07) is 13.5. The third-order valence-electron chi connectivity index (χ3n) is 5.07. The molecule has 2 unspecified atom stereocenters. The Bertz CT molecular complexity index is 755. The number of benzene rings is 1. The van der Waals surface area contributed by atoms with Crippen molar-refractivity contribution in [3.63, 3.8) is 0 Å². The second-order valence-corrected chi connectivity index (χ2v) is 7.75. The van der Waals surface area contributed by atoms with Gasteiger partial charge in [-0.2, -0.15) is 0 Å². The minimum absolute atomic E-state index is 0.0242. The van der Waals surface area contributed by atoms with Crippen molar-refractivity contribution in [2.24, 2.45) is 5.92 Å². The first-order valence-corrected chi connectivity index (χ1v) is 9.88. The monoisotopic (exact) mass is 370 g/mol. The van der Waals surface area contributed by atoms with Crippen LogP contribution in [0.15, 0.2) is 47.8 Å². The number of hydrogen-bond acceptors (Lipinski definition) is 4. The summed E-state index contributed by atoms with van der Waals surface area (Å²) < 4.78 is 5.53. The number of nitrogens with zero attached hydrogens (tertiary/aromatic N) is 2. The van der Waals surface area contributed by atoms with E-state index in [9.17, 15) is 9.59 Å². The Kier molecular flexibility index (Phi) is 4.93. The Morgan fingerprint density at radius 1 is 1.00 bits per heavy atom. The Labute approximate surface area is 157 Å². The van der Waals surface area contributed by atoms with Crippen LogP contribution in [0.1, 0.15) is 17.2 Å². The number of carbonyl (C=O) groups excluding carboxylic acids is 2. The van der Waals surface area contributed by atoms with Gasteiger partial charge in [-0.3, -0.25) is 9.59 Å². The van der Waals surface area contributed by atoms with Gasteiger partial charge in [0.1, 0.15) is 5.75 Å². The molecule has 2 aliphatic rings. The van der Waals surface area contributed by atoms with E-state index < -0.39 is 0 Å². The van der Waals surface area contributed by atoms with Crippen LogP contribution < -0.4 is 4.74 Å². The van der Waals surface area contributed by atoms with Gasteiger partial charge in [-0.15, -0.1) is 11.3 Å². The molecule has 0 radical (unpaired) electrons. The fraction of sp³-hybridized carbons (Fsp3) is 0.400. The number of hydrogen-bond donors (Lipinski definition) is 0. The Morgan fingerprint density at radius 2 is 1.73 bits per heavy atom. The lowest BCUT2D eigenvalue weighted by Gasteiger charge is -2.35. The highest BCUT2D eigenvalue weighted by Crippen LogP contribution is 2.50. The number of piperazine rings is 1. The first-order valence-electron chi connectivity index (χ1n) is 9.00. The minimum Gasteiger partial charge on any atom is -0.484 e. The van der Waals surface area contributed by atoms with E-state index in [1.165, 1.54) is 4.88 Å². The third-order valence-corrected chi connectivity index (χ3v) is 6.07. The molecule has 4 rings (SSSR count). The fourth-order valence-corrected chi connectivity index (χ4v) is 4.36. The number of amides is 2. The van der Waals surface area contributed by atoms with Crippen molar-refractivity contribution in [3.05, 3.63) is 52.7 Å². The third kappa shape index (κ3) is 3.75. The second kappa shape index (κ2) is 7.50. The summed E-state index contributed by atoms with van der Waals surface area (Å²) in [6.45, 7) is 2.44. The Morgan fingerprint density at radius 3 is 2.42 bits per heavy atom. The summed E-state index contributed by atoms with van der Waals surface area (Å²) in [5, 5.41) is 2.07. The van der Waals surface area contributed by atoms with Crippen LogP contribution in [-0.4, -0.2) is 54.4 Å². The van der Waals surface area contributed by atoms with Crippen molar-refractivity contribution in [2.75, 3.05) is 32.8 Å². The van der Waals surface area contributed by atoms with Crippen molar-refractivity contribution >= 4 is 23.2 Å². The Hall–Kier alpha value is -2.34. The van der Waals surface area contributed by atoms with Crippen LogP contribution in [0.3, 0.4) is 0 Å². The molecule has 1 saturated carbocycles. The minimum atomic E-state index is -0.0242. The SMILES string of the molecule is O=C(COc1ccccc1)N1CCN(C(=O)C2CC2c2cccs2)CC1. The summed E-state index contributed by atoms with van der Waals surface area (Å²) in [6.07, 6.45) is 0.962. The molecule has 5 nitrogen and oxygen atoms in total. The van der Waals surface area contributed by atoms with E-state index in [0.29, 0.717) is 37.8 Å². The standard InChI is InChI=1S/C20H22N2O3S/c23-19(14-25-15-5-2-1-3-6-15)21-8-10-22(11-9-21)20(24)17-13-16(17)18-7-4-12-26-18/h1-7,12,16-17H,8-11,13-14H2. The van der Waals surface area contributed by atoms with Gasteiger partial charge in [-0.1, -0.05) is 24.3 Å². The largest absolute Gasteiger partial charge is 0.484 e. The van der Waals surface area contributed by atoms with Gasteiger partial charge in [0.05, 0.1) is 0 Å². The average Bonchev–Trinajstić information content (AvgIpc) is 3.31. The molecule has 1 aromatic carbocycles. The van der Waals surface area contributed by atoms with Gasteiger partial charge in [-0.25, -0.2) is 0 Å². The van der Waals surface area contributed by atoms with Gasteiger partial charge in [0.15, 0.2) is 6.61 Å². The van der Waals surface area contributed by atoms with Crippen molar-refractivity contribution in [1.29, 1.82) is 0 Å². The molecule has 0 N–H and O–H groups in total. The molecule has 1 aliphatic heterocycles. The molecule has 1 aromatic heterocycles. The number of ether oxygens (including phenoxy) is 1. The second-order valence-electron chi connectivity index (χ2n) is 6.77. The molecular formula is C20H22N2O3S. The number of rotatable bonds is 5. The molecule has 0 spiro atoms. The molecule has 1 saturated heterocycles. The van der Waals surface area contributed by atoms with Crippen molar-refractivity contribution in [2.45, 2.75) is 12.3 Å². The predicted octanol–water partition coefficient (Wildman–Crippen LogP) is 2.60. The zero-order valence-electron chi connectivity index (χ0n) is 14.5. The number of carbonyl (C=O) groups is 2. The van der Waals surface area contributed by atoms with E-state index in [2.05, 4.69) is 11.4 Å². The summed E-state index contributed by atoms with van der Waals surface area (Å²) >= 11 is 1.73. The van der Waals surface area contributed by atoms with Crippen molar-refractivity contribution < 1.29 is 14.3 Å². The van der Waals surface area contributed by atoms with Crippen LogP contribution in [0.4, 0.5) is 0 Å². The highest BCUT2D eigenvalue weighted by Gasteiger charge is 2.46. The zero-order chi connectivity index (χ0) is 17.9. The lowest BCUT2D eigenvalue weighted by molar-refractivity contribution is -0.141. The van der Waals surface area contributed by atoms with Gasteiger partial charge in [-0.05, 0) is 30.0 Å². The smallest absolute Gasteiger partial charge is 0.260 e. The van der Waals surface area contributed by atoms with Gasteiger partial charge >= 0.3 is 0 Å². The van der Waals surface area contributed by atoms with Crippen molar-refractivity contribution in [1.82, 2.24) is 9.80 Å². The van der Waals surface area contributed by atoms with E-state index >= 15 is 0 Å². The highest BCUT2D eigenvalue weighted by atomic mass is 32.1. The van der Waals surface area contributed by atoms with Crippen LogP contribution >= 0.6 is 11.3 Å². The maximum absolute atomic E-state index is 12.7. The lowest BCUT2D eigenvalue weighted by atomic mass is 10.2. The topological polar surface area (TPSA) is 49.9 Å². The molecule has 2 fully saturated rings. The molecule has 2 atom stereocenters. The maximum atomic E-state index is 12.7. The van der Waals surface area contributed by atoms with Crippen LogP contribution in [0.5, 0.6) is 5.75 Å². The molecule has 2 amide bonds. The molecule has 2 aromatic rings. The number of para-hydroxylation sites is 1. The molecule has 1 aliphatic carbocycles. The molecule has 136 valence electrons. The quantitative estimate of drug-likeness (QED) is 0.813. The molecule has 0 bridgehead atoms. The number of thiophene rings is 1. The summed E-state index contributed by atoms with van der Waals surface area (Å²) in [5.74, 6) is 1.46. The molecular weight excluding hydrogens is 348 g/mol. The van der Waals surface area contributed by atoms with Gasteiger partial charge in [0, 0.05) is 42.9 Å². The van der Waals surface area contributed by atoms with Crippen LogP contribution in [0.2, 0.25) is 0 Å². The summed E-state index contributed by atoms with van der Waals surface area (Å²) in [4.78, 5) is 30.0. The zero-order valence-corrected chi connectivity index (χ0v) is 15.4. The fourth-order valence-electron chi connectivity index (χ4n) is 3.45. The highest BCUT2D eigenvalue weighted by molar-refractivity contribution is 7.10. The predicted molar refractivity (Wildman–Crippen MR) is 100 cm³/mol. The van der Waals surface area contributed by atoms with E-state index in [4.69, 9.17) is 4.74 Å². The molecule has 2 heterocycles. The van der Waals surface area contributed by atoms with Gasteiger partial charge < -0.3 is 14.5 Å². The molecule has 26 heavy (non-hydrogen) atoms. The van der Waals surface area contributed by atoms with E-state index in [1.807, 2.05) is 41.3 Å². The maximum Gasteiger partial charge on any atom is 0.260 e. The van der Waals surface area contributed by atoms with E-state index in [1.54, 1.807) is 16.2 Å². The Balaban J connectivity index is 1.22. The van der Waals surface area contributed by atoms with Gasteiger partial charge in [0.25, 0.3) is 5.91 Å². The van der Waals surface area contributed by atoms with Crippen LogP contribution in [0.25, 0.3) is 0 Å².